The minimum absolute atomic E-state index is 0.401. The summed E-state index contributed by atoms with van der Waals surface area (Å²) in [6.45, 7) is 0.401. The highest BCUT2D eigenvalue weighted by Gasteiger charge is 2.09. The Bertz CT molecular complexity index is 588. The standard InChI is InChI=1S/C14H10Br2Cl2O/c15-11-5-4-10(13(18)6-11)8-19-14-9(7-17)2-1-3-12(14)16/h1-6H,7-8H2. The number of halogens is 4. The Morgan fingerprint density at radius 3 is 2.53 bits per heavy atom. The molecule has 19 heavy (non-hydrogen) atoms. The van der Waals surface area contributed by atoms with Crippen molar-refractivity contribution in [3.8, 4) is 5.75 Å². The van der Waals surface area contributed by atoms with E-state index in [9.17, 15) is 0 Å². The molecule has 0 unspecified atom stereocenters. The number of para-hydroxylation sites is 1. The summed E-state index contributed by atoms with van der Waals surface area (Å²) in [7, 11) is 0. The van der Waals surface area contributed by atoms with Crippen molar-refractivity contribution < 1.29 is 4.74 Å². The Labute approximate surface area is 139 Å². The highest BCUT2D eigenvalue weighted by molar-refractivity contribution is 9.10. The van der Waals surface area contributed by atoms with E-state index < -0.39 is 0 Å². The lowest BCUT2D eigenvalue weighted by Gasteiger charge is -2.12. The van der Waals surface area contributed by atoms with Crippen LogP contribution in [0.25, 0.3) is 0 Å². The summed E-state index contributed by atoms with van der Waals surface area (Å²) < 4.78 is 7.67. The number of hydrogen-bond donors (Lipinski definition) is 0. The Hall–Kier alpha value is -0.220. The second-order valence-corrected chi connectivity index (χ2v) is 6.33. The van der Waals surface area contributed by atoms with Crippen molar-refractivity contribution in [1.82, 2.24) is 0 Å². The van der Waals surface area contributed by atoms with Crippen molar-refractivity contribution >= 4 is 55.1 Å². The summed E-state index contributed by atoms with van der Waals surface area (Å²) in [5, 5.41) is 0.675. The minimum Gasteiger partial charge on any atom is -0.487 e. The highest BCUT2D eigenvalue weighted by atomic mass is 79.9. The molecular formula is C14H10Br2Cl2O. The average molecular weight is 425 g/mol. The first kappa shape index (κ1) is 15.2. The van der Waals surface area contributed by atoms with Gasteiger partial charge in [-0.15, -0.1) is 11.6 Å². The predicted molar refractivity (Wildman–Crippen MR) is 87.2 cm³/mol. The second kappa shape index (κ2) is 6.98. The third-order valence-corrected chi connectivity index (χ3v) is 4.34. The molecule has 2 rings (SSSR count). The van der Waals surface area contributed by atoms with Crippen molar-refractivity contribution in [2.75, 3.05) is 0 Å². The molecule has 0 amide bonds. The van der Waals surface area contributed by atoms with E-state index in [0.29, 0.717) is 17.5 Å². The van der Waals surface area contributed by atoms with Gasteiger partial charge in [-0.1, -0.05) is 45.7 Å². The van der Waals surface area contributed by atoms with E-state index in [-0.39, 0.29) is 0 Å². The first-order valence-electron chi connectivity index (χ1n) is 5.52. The molecule has 2 aromatic rings. The molecule has 0 saturated carbocycles. The summed E-state index contributed by atoms with van der Waals surface area (Å²) in [5.41, 5.74) is 1.88. The summed E-state index contributed by atoms with van der Waals surface area (Å²) in [6, 6.07) is 11.5. The molecule has 0 saturated heterocycles. The number of rotatable bonds is 4. The van der Waals surface area contributed by atoms with Crippen LogP contribution in [-0.4, -0.2) is 0 Å². The molecule has 1 nitrogen and oxygen atoms in total. The number of hydrogen-bond acceptors (Lipinski definition) is 1. The van der Waals surface area contributed by atoms with Crippen molar-refractivity contribution in [3.63, 3.8) is 0 Å². The lowest BCUT2D eigenvalue weighted by Crippen LogP contribution is -1.99. The normalized spacial score (nSPS) is 10.5. The summed E-state index contributed by atoms with van der Waals surface area (Å²) in [4.78, 5) is 0. The van der Waals surface area contributed by atoms with Gasteiger partial charge in [0.2, 0.25) is 0 Å². The lowest BCUT2D eigenvalue weighted by molar-refractivity contribution is 0.302. The second-order valence-electron chi connectivity index (χ2n) is 3.89. The van der Waals surface area contributed by atoms with Crippen molar-refractivity contribution in [1.29, 1.82) is 0 Å². The van der Waals surface area contributed by atoms with Crippen LogP contribution in [0.5, 0.6) is 5.75 Å². The Morgan fingerprint density at radius 1 is 1.05 bits per heavy atom. The van der Waals surface area contributed by atoms with Gasteiger partial charge in [-0.3, -0.25) is 0 Å². The van der Waals surface area contributed by atoms with Crippen LogP contribution in [0.2, 0.25) is 5.02 Å². The first-order chi connectivity index (χ1) is 9.11. The van der Waals surface area contributed by atoms with Crippen LogP contribution in [0.15, 0.2) is 45.3 Å². The van der Waals surface area contributed by atoms with Crippen molar-refractivity contribution in [2.24, 2.45) is 0 Å². The van der Waals surface area contributed by atoms with Crippen LogP contribution in [0.3, 0.4) is 0 Å². The monoisotopic (exact) mass is 422 g/mol. The van der Waals surface area contributed by atoms with Gasteiger partial charge < -0.3 is 4.74 Å². The molecule has 0 N–H and O–H groups in total. The van der Waals surface area contributed by atoms with E-state index >= 15 is 0 Å². The predicted octanol–water partition coefficient (Wildman–Crippen LogP) is 6.18. The van der Waals surface area contributed by atoms with Crippen LogP contribution < -0.4 is 4.74 Å². The third-order valence-electron chi connectivity index (χ3n) is 2.58. The van der Waals surface area contributed by atoms with Crippen LogP contribution in [-0.2, 0) is 12.5 Å². The molecule has 100 valence electrons. The molecule has 0 spiro atoms. The van der Waals surface area contributed by atoms with Gasteiger partial charge in [-0.25, -0.2) is 0 Å². The minimum atomic E-state index is 0.401. The molecular weight excluding hydrogens is 415 g/mol. The molecule has 5 heteroatoms. The maximum atomic E-state index is 6.16. The van der Waals surface area contributed by atoms with Crippen LogP contribution >= 0.6 is 55.1 Å². The molecule has 0 heterocycles. The zero-order valence-corrected chi connectivity index (χ0v) is 14.5. The average Bonchev–Trinajstić information content (AvgIpc) is 2.39. The molecule has 0 atom stereocenters. The molecule has 2 aromatic carbocycles. The zero-order chi connectivity index (χ0) is 13.8. The van der Waals surface area contributed by atoms with E-state index in [1.807, 2.05) is 36.4 Å². The van der Waals surface area contributed by atoms with Crippen molar-refractivity contribution in [3.05, 3.63) is 61.5 Å². The van der Waals surface area contributed by atoms with Gasteiger partial charge in [-0.05, 0) is 34.1 Å². The molecule has 0 bridgehead atoms. The SMILES string of the molecule is ClCc1cccc(Br)c1OCc1ccc(Br)cc1Cl. The van der Waals surface area contributed by atoms with Gasteiger partial charge in [0.05, 0.1) is 10.4 Å². The molecule has 0 fully saturated rings. The Morgan fingerprint density at radius 2 is 1.84 bits per heavy atom. The fourth-order valence-electron chi connectivity index (χ4n) is 1.61. The van der Waals surface area contributed by atoms with Gasteiger partial charge in [0.1, 0.15) is 12.4 Å². The Kier molecular flexibility index (Phi) is 5.58. The maximum absolute atomic E-state index is 6.16. The third kappa shape index (κ3) is 3.88. The molecule has 0 aliphatic rings. The number of benzene rings is 2. The van der Waals surface area contributed by atoms with Gasteiger partial charge in [-0.2, -0.15) is 0 Å². The van der Waals surface area contributed by atoms with E-state index in [1.165, 1.54) is 0 Å². The topological polar surface area (TPSA) is 9.23 Å². The summed E-state index contributed by atoms with van der Waals surface area (Å²) >= 11 is 18.9. The summed E-state index contributed by atoms with van der Waals surface area (Å²) in [5.74, 6) is 1.17. The van der Waals surface area contributed by atoms with Gasteiger partial charge >= 0.3 is 0 Å². The molecule has 0 radical (unpaired) electrons. The smallest absolute Gasteiger partial charge is 0.138 e. The summed E-state index contributed by atoms with van der Waals surface area (Å²) in [6.07, 6.45) is 0. The molecule has 0 aliphatic heterocycles. The Balaban J connectivity index is 2.19. The molecule has 0 aromatic heterocycles. The van der Waals surface area contributed by atoms with E-state index in [1.54, 1.807) is 0 Å². The lowest BCUT2D eigenvalue weighted by atomic mass is 10.2. The van der Waals surface area contributed by atoms with Gasteiger partial charge in [0.15, 0.2) is 0 Å². The van der Waals surface area contributed by atoms with Crippen LogP contribution in [0, 0.1) is 0 Å². The van der Waals surface area contributed by atoms with Crippen LogP contribution in [0.4, 0.5) is 0 Å². The van der Waals surface area contributed by atoms with Gasteiger partial charge in [0.25, 0.3) is 0 Å². The van der Waals surface area contributed by atoms with E-state index in [4.69, 9.17) is 27.9 Å². The van der Waals surface area contributed by atoms with E-state index in [0.717, 1.165) is 25.8 Å². The van der Waals surface area contributed by atoms with Crippen LogP contribution in [0.1, 0.15) is 11.1 Å². The van der Waals surface area contributed by atoms with E-state index in [2.05, 4.69) is 31.9 Å². The van der Waals surface area contributed by atoms with Crippen molar-refractivity contribution in [2.45, 2.75) is 12.5 Å². The quantitative estimate of drug-likeness (QED) is 0.532. The molecule has 0 aliphatic carbocycles. The highest BCUT2D eigenvalue weighted by Crippen LogP contribution is 2.31. The largest absolute Gasteiger partial charge is 0.487 e. The maximum Gasteiger partial charge on any atom is 0.138 e. The number of ether oxygens (including phenoxy) is 1. The fourth-order valence-corrected chi connectivity index (χ4v) is 3.07. The van der Waals surface area contributed by atoms with Gasteiger partial charge in [0, 0.05) is 20.6 Å². The fraction of sp³-hybridized carbons (Fsp3) is 0.143. The number of alkyl halides is 1. The zero-order valence-electron chi connectivity index (χ0n) is 9.80. The first-order valence-corrected chi connectivity index (χ1v) is 8.01.